The number of aryl methyl sites for hydroxylation is 1. The lowest BCUT2D eigenvalue weighted by molar-refractivity contribution is -0.116. The first-order chi connectivity index (χ1) is 10.8. The van der Waals surface area contributed by atoms with Crippen molar-refractivity contribution in [3.8, 4) is 0 Å². The molecule has 0 bridgehead atoms. The molecule has 1 amide bonds. The minimum atomic E-state index is 0.0874. The molecule has 0 radical (unpaired) electrons. The number of para-hydroxylation sites is 1. The van der Waals surface area contributed by atoms with Crippen LogP contribution in [0.2, 0.25) is 0 Å². The zero-order valence-corrected chi connectivity index (χ0v) is 12.0. The molecule has 1 aliphatic rings. The van der Waals surface area contributed by atoms with Crippen LogP contribution in [0.15, 0.2) is 54.6 Å². The van der Waals surface area contributed by atoms with Gasteiger partial charge in [-0.05, 0) is 48.4 Å². The number of carbonyl (C=O) groups excluding carboxylic acids is 1. The van der Waals surface area contributed by atoms with Crippen LogP contribution in [0.4, 0.5) is 17.2 Å². The second-order valence-corrected chi connectivity index (χ2v) is 5.43. The Kier molecular flexibility index (Phi) is 3.00. The molecule has 0 spiro atoms. The van der Waals surface area contributed by atoms with Crippen molar-refractivity contribution < 1.29 is 4.79 Å². The van der Waals surface area contributed by atoms with Gasteiger partial charge in [0.2, 0.25) is 5.91 Å². The van der Waals surface area contributed by atoms with Crippen molar-refractivity contribution in [3.05, 3.63) is 60.2 Å². The maximum absolute atomic E-state index is 11.4. The van der Waals surface area contributed by atoms with Crippen LogP contribution in [-0.2, 0) is 11.2 Å². The maximum Gasteiger partial charge on any atom is 0.224 e. The number of carbonyl (C=O) groups is 1. The van der Waals surface area contributed by atoms with Crippen molar-refractivity contribution in [2.45, 2.75) is 12.8 Å². The Balaban J connectivity index is 1.63. The van der Waals surface area contributed by atoms with E-state index in [1.165, 1.54) is 0 Å². The maximum atomic E-state index is 11.4. The van der Waals surface area contributed by atoms with Crippen molar-refractivity contribution >= 4 is 34.0 Å². The molecule has 0 saturated heterocycles. The van der Waals surface area contributed by atoms with Gasteiger partial charge in [0.1, 0.15) is 5.82 Å². The van der Waals surface area contributed by atoms with Crippen molar-refractivity contribution in [2.75, 3.05) is 10.6 Å². The van der Waals surface area contributed by atoms with Gasteiger partial charge in [0.05, 0.1) is 5.52 Å². The van der Waals surface area contributed by atoms with Crippen molar-refractivity contribution in [1.82, 2.24) is 4.98 Å². The summed E-state index contributed by atoms with van der Waals surface area (Å²) < 4.78 is 0. The quantitative estimate of drug-likeness (QED) is 0.753. The van der Waals surface area contributed by atoms with E-state index in [2.05, 4.69) is 27.8 Å². The third-order valence-electron chi connectivity index (χ3n) is 3.87. The Morgan fingerprint density at radius 1 is 1.00 bits per heavy atom. The molecule has 108 valence electrons. The third kappa shape index (κ3) is 2.39. The summed E-state index contributed by atoms with van der Waals surface area (Å²) in [7, 11) is 0. The number of rotatable bonds is 2. The molecule has 0 saturated carbocycles. The van der Waals surface area contributed by atoms with Crippen LogP contribution in [0.25, 0.3) is 10.9 Å². The van der Waals surface area contributed by atoms with Gasteiger partial charge in [-0.15, -0.1) is 0 Å². The number of aromatic nitrogens is 1. The van der Waals surface area contributed by atoms with Crippen LogP contribution < -0.4 is 10.6 Å². The van der Waals surface area contributed by atoms with E-state index in [1.807, 2.05) is 42.5 Å². The molecular formula is C18H15N3O. The summed E-state index contributed by atoms with van der Waals surface area (Å²) in [5.41, 5.74) is 4.02. The third-order valence-corrected chi connectivity index (χ3v) is 3.87. The molecule has 4 heteroatoms. The number of nitrogens with one attached hydrogen (secondary N) is 2. The number of amides is 1. The summed E-state index contributed by atoms with van der Waals surface area (Å²) in [4.78, 5) is 16.0. The summed E-state index contributed by atoms with van der Waals surface area (Å²) in [6, 6.07) is 18.1. The van der Waals surface area contributed by atoms with Crippen molar-refractivity contribution in [3.63, 3.8) is 0 Å². The standard InChI is InChI=1S/C18H15N3O/c22-18-10-6-13-11-14(7-8-16(13)21-18)19-17-9-5-12-3-1-2-4-15(12)20-17/h1-5,7-9,11H,6,10H2,(H,19,20)(H,21,22). The van der Waals surface area contributed by atoms with E-state index in [0.29, 0.717) is 6.42 Å². The fourth-order valence-corrected chi connectivity index (χ4v) is 2.74. The van der Waals surface area contributed by atoms with Gasteiger partial charge in [-0.2, -0.15) is 0 Å². The smallest absolute Gasteiger partial charge is 0.224 e. The topological polar surface area (TPSA) is 54.0 Å². The number of benzene rings is 2. The van der Waals surface area contributed by atoms with Crippen molar-refractivity contribution in [1.29, 1.82) is 0 Å². The van der Waals surface area contributed by atoms with E-state index < -0.39 is 0 Å². The molecule has 4 rings (SSSR count). The molecule has 0 fully saturated rings. The van der Waals surface area contributed by atoms with Gasteiger partial charge in [-0.1, -0.05) is 18.2 Å². The first kappa shape index (κ1) is 12.8. The molecule has 3 aromatic rings. The largest absolute Gasteiger partial charge is 0.340 e. The van der Waals surface area contributed by atoms with E-state index in [4.69, 9.17) is 0 Å². The summed E-state index contributed by atoms with van der Waals surface area (Å²) in [5, 5.41) is 7.35. The normalized spacial score (nSPS) is 13.5. The van der Waals surface area contributed by atoms with Crippen LogP contribution >= 0.6 is 0 Å². The number of anilines is 3. The van der Waals surface area contributed by atoms with Gasteiger partial charge < -0.3 is 10.6 Å². The Morgan fingerprint density at radius 3 is 2.86 bits per heavy atom. The highest BCUT2D eigenvalue weighted by Crippen LogP contribution is 2.27. The summed E-state index contributed by atoms with van der Waals surface area (Å²) in [6.07, 6.45) is 1.33. The summed E-state index contributed by atoms with van der Waals surface area (Å²) in [5.74, 6) is 0.905. The summed E-state index contributed by atoms with van der Waals surface area (Å²) >= 11 is 0. The van der Waals surface area contributed by atoms with Gasteiger partial charge in [0.15, 0.2) is 0 Å². The molecule has 1 aliphatic heterocycles. The van der Waals surface area contributed by atoms with E-state index >= 15 is 0 Å². The Hall–Kier alpha value is -2.88. The lowest BCUT2D eigenvalue weighted by Gasteiger charge is -2.18. The fourth-order valence-electron chi connectivity index (χ4n) is 2.74. The van der Waals surface area contributed by atoms with Crippen LogP contribution in [0, 0.1) is 0 Å². The molecule has 0 aliphatic carbocycles. The van der Waals surface area contributed by atoms with Gasteiger partial charge in [-0.25, -0.2) is 4.98 Å². The minimum Gasteiger partial charge on any atom is -0.340 e. The minimum absolute atomic E-state index is 0.0874. The zero-order valence-electron chi connectivity index (χ0n) is 12.0. The first-order valence-corrected chi connectivity index (χ1v) is 7.33. The zero-order chi connectivity index (χ0) is 14.9. The number of nitrogens with zero attached hydrogens (tertiary/aromatic N) is 1. The van der Waals surface area contributed by atoms with Crippen LogP contribution in [-0.4, -0.2) is 10.9 Å². The lowest BCUT2D eigenvalue weighted by Crippen LogP contribution is -2.18. The number of pyridine rings is 1. The highest BCUT2D eigenvalue weighted by Gasteiger charge is 2.14. The second kappa shape index (κ2) is 5.15. The Bertz CT molecular complexity index is 873. The van der Waals surface area contributed by atoms with Crippen LogP contribution in [0.1, 0.15) is 12.0 Å². The monoisotopic (exact) mass is 289 g/mol. The number of fused-ring (bicyclic) bond motifs is 2. The van der Waals surface area contributed by atoms with Crippen LogP contribution in [0.5, 0.6) is 0 Å². The predicted molar refractivity (Wildman–Crippen MR) is 88.4 cm³/mol. The van der Waals surface area contributed by atoms with E-state index in [-0.39, 0.29) is 5.91 Å². The first-order valence-electron chi connectivity index (χ1n) is 7.33. The molecule has 2 heterocycles. The molecule has 2 N–H and O–H groups in total. The average Bonchev–Trinajstić information content (AvgIpc) is 2.55. The van der Waals surface area contributed by atoms with E-state index in [1.54, 1.807) is 0 Å². The molecule has 0 unspecified atom stereocenters. The fraction of sp³-hybridized carbons (Fsp3) is 0.111. The highest BCUT2D eigenvalue weighted by atomic mass is 16.1. The van der Waals surface area contributed by atoms with Gasteiger partial charge in [0.25, 0.3) is 0 Å². The predicted octanol–water partition coefficient (Wildman–Crippen LogP) is 3.86. The molecule has 4 nitrogen and oxygen atoms in total. The van der Waals surface area contributed by atoms with Crippen LogP contribution in [0.3, 0.4) is 0 Å². The number of hydrogen-bond donors (Lipinski definition) is 2. The van der Waals surface area contributed by atoms with Crippen molar-refractivity contribution in [2.24, 2.45) is 0 Å². The molecule has 22 heavy (non-hydrogen) atoms. The molecule has 2 aromatic carbocycles. The van der Waals surface area contributed by atoms with Gasteiger partial charge in [0, 0.05) is 23.2 Å². The highest BCUT2D eigenvalue weighted by molar-refractivity contribution is 5.94. The molecular weight excluding hydrogens is 274 g/mol. The summed E-state index contributed by atoms with van der Waals surface area (Å²) in [6.45, 7) is 0. The Labute approximate surface area is 128 Å². The molecule has 0 atom stereocenters. The van der Waals surface area contributed by atoms with E-state index in [9.17, 15) is 4.79 Å². The molecule has 1 aromatic heterocycles. The van der Waals surface area contributed by atoms with Gasteiger partial charge in [-0.3, -0.25) is 4.79 Å². The average molecular weight is 289 g/mol. The van der Waals surface area contributed by atoms with E-state index in [0.717, 1.165) is 40.1 Å². The van der Waals surface area contributed by atoms with Gasteiger partial charge >= 0.3 is 0 Å². The Morgan fingerprint density at radius 2 is 1.91 bits per heavy atom. The second-order valence-electron chi connectivity index (χ2n) is 5.43. The lowest BCUT2D eigenvalue weighted by atomic mass is 10.0. The number of hydrogen-bond acceptors (Lipinski definition) is 3. The SMILES string of the molecule is O=C1CCc2cc(Nc3ccc4ccccc4n3)ccc2N1.